The standard InChI is InChI=1S/C19H13BrN2O3/c20-17-16(18(23)22-19(17)24)14-9-21-15-7-6-12(8-13(14)15)25-10-11-4-2-1-3-5-11/h1-9,21H,10H2,(H,22,23,24). The van der Waals surface area contributed by atoms with Gasteiger partial charge in [-0.25, -0.2) is 0 Å². The summed E-state index contributed by atoms with van der Waals surface area (Å²) in [6.07, 6.45) is 1.72. The highest BCUT2D eigenvalue weighted by Crippen LogP contribution is 2.34. The summed E-state index contributed by atoms with van der Waals surface area (Å²) in [4.78, 5) is 26.9. The smallest absolute Gasteiger partial charge is 0.265 e. The van der Waals surface area contributed by atoms with Gasteiger partial charge in [-0.15, -0.1) is 0 Å². The van der Waals surface area contributed by atoms with Gasteiger partial charge in [0.1, 0.15) is 12.4 Å². The van der Waals surface area contributed by atoms with Crippen molar-refractivity contribution in [2.75, 3.05) is 0 Å². The van der Waals surface area contributed by atoms with Crippen LogP contribution in [0.15, 0.2) is 59.2 Å². The molecule has 0 atom stereocenters. The van der Waals surface area contributed by atoms with Crippen molar-refractivity contribution in [2.24, 2.45) is 0 Å². The minimum atomic E-state index is -0.425. The van der Waals surface area contributed by atoms with E-state index >= 15 is 0 Å². The van der Waals surface area contributed by atoms with E-state index in [0.717, 1.165) is 16.5 Å². The Morgan fingerprint density at radius 2 is 1.80 bits per heavy atom. The molecule has 0 saturated heterocycles. The number of H-pyrrole nitrogens is 1. The van der Waals surface area contributed by atoms with Crippen molar-refractivity contribution in [1.29, 1.82) is 0 Å². The number of benzene rings is 2. The molecule has 2 N–H and O–H groups in total. The highest BCUT2D eigenvalue weighted by molar-refractivity contribution is 9.12. The van der Waals surface area contributed by atoms with E-state index < -0.39 is 11.8 Å². The molecule has 3 aromatic rings. The molecule has 25 heavy (non-hydrogen) atoms. The lowest BCUT2D eigenvalue weighted by Crippen LogP contribution is -2.22. The van der Waals surface area contributed by atoms with Gasteiger partial charge in [0, 0.05) is 22.7 Å². The van der Waals surface area contributed by atoms with E-state index in [4.69, 9.17) is 4.74 Å². The molecule has 0 spiro atoms. The van der Waals surface area contributed by atoms with E-state index in [1.807, 2.05) is 48.5 Å². The van der Waals surface area contributed by atoms with Gasteiger partial charge in [-0.1, -0.05) is 30.3 Å². The van der Waals surface area contributed by atoms with Crippen LogP contribution >= 0.6 is 15.9 Å². The molecule has 0 aliphatic carbocycles. The lowest BCUT2D eigenvalue weighted by atomic mass is 10.1. The van der Waals surface area contributed by atoms with Crippen LogP contribution in [0.1, 0.15) is 11.1 Å². The highest BCUT2D eigenvalue weighted by atomic mass is 79.9. The fourth-order valence-electron chi connectivity index (χ4n) is 2.81. The summed E-state index contributed by atoms with van der Waals surface area (Å²) in [5, 5.41) is 3.11. The van der Waals surface area contributed by atoms with Crippen molar-refractivity contribution in [3.63, 3.8) is 0 Å². The summed E-state index contributed by atoms with van der Waals surface area (Å²) in [5.41, 5.74) is 2.93. The van der Waals surface area contributed by atoms with Gasteiger partial charge in [0.2, 0.25) is 0 Å². The molecule has 2 heterocycles. The topological polar surface area (TPSA) is 71.2 Å². The zero-order valence-electron chi connectivity index (χ0n) is 13.0. The molecule has 124 valence electrons. The van der Waals surface area contributed by atoms with Crippen LogP contribution in [-0.4, -0.2) is 16.8 Å². The number of aromatic nitrogens is 1. The normalized spacial score (nSPS) is 14.3. The Balaban J connectivity index is 1.69. The SMILES string of the molecule is O=C1NC(=O)C(c2c[nH]c3ccc(OCc4ccccc4)cc23)=C1Br. The number of halogens is 1. The molecule has 1 aromatic heterocycles. The summed E-state index contributed by atoms with van der Waals surface area (Å²) in [6, 6.07) is 15.5. The van der Waals surface area contributed by atoms with E-state index in [-0.39, 0.29) is 4.48 Å². The van der Waals surface area contributed by atoms with Gasteiger partial charge in [-0.05, 0) is 39.7 Å². The first-order chi connectivity index (χ1) is 12.1. The number of hydrogen-bond donors (Lipinski definition) is 2. The largest absolute Gasteiger partial charge is 0.489 e. The summed E-state index contributed by atoms with van der Waals surface area (Å²) < 4.78 is 6.10. The zero-order valence-corrected chi connectivity index (χ0v) is 14.6. The first kappa shape index (κ1) is 15.7. The van der Waals surface area contributed by atoms with Crippen LogP contribution in [0.3, 0.4) is 0 Å². The van der Waals surface area contributed by atoms with Crippen molar-refractivity contribution in [1.82, 2.24) is 10.3 Å². The van der Waals surface area contributed by atoms with Crippen molar-refractivity contribution in [3.05, 3.63) is 70.3 Å². The molecule has 2 aromatic carbocycles. The number of imide groups is 1. The number of amides is 2. The number of carbonyl (C=O) groups excluding carboxylic acids is 2. The molecule has 2 amide bonds. The third-order valence-corrected chi connectivity index (χ3v) is 4.80. The number of fused-ring (bicyclic) bond motifs is 1. The Labute approximate surface area is 151 Å². The number of aromatic amines is 1. The maximum absolute atomic E-state index is 12.1. The quantitative estimate of drug-likeness (QED) is 0.662. The Bertz CT molecular complexity index is 1020. The van der Waals surface area contributed by atoms with Crippen LogP contribution in [0, 0.1) is 0 Å². The van der Waals surface area contributed by atoms with Crippen LogP contribution in [0.5, 0.6) is 5.75 Å². The predicted octanol–water partition coefficient (Wildman–Crippen LogP) is 3.51. The summed E-state index contributed by atoms with van der Waals surface area (Å²) >= 11 is 3.20. The van der Waals surface area contributed by atoms with E-state index in [1.165, 1.54) is 0 Å². The van der Waals surface area contributed by atoms with Gasteiger partial charge in [0.05, 0.1) is 10.1 Å². The van der Waals surface area contributed by atoms with Gasteiger partial charge >= 0.3 is 0 Å². The lowest BCUT2D eigenvalue weighted by molar-refractivity contribution is -0.123. The zero-order chi connectivity index (χ0) is 17.4. The summed E-state index contributed by atoms with van der Waals surface area (Å²) in [7, 11) is 0. The van der Waals surface area contributed by atoms with E-state index in [9.17, 15) is 9.59 Å². The lowest BCUT2D eigenvalue weighted by Gasteiger charge is -2.07. The summed E-state index contributed by atoms with van der Waals surface area (Å²) in [6.45, 7) is 0.456. The predicted molar refractivity (Wildman–Crippen MR) is 98.1 cm³/mol. The first-order valence-corrected chi connectivity index (χ1v) is 8.46. The molecule has 0 radical (unpaired) electrons. The van der Waals surface area contributed by atoms with Crippen LogP contribution in [-0.2, 0) is 16.2 Å². The second-order valence-electron chi connectivity index (χ2n) is 5.66. The molecule has 1 aliphatic rings. The van der Waals surface area contributed by atoms with Crippen LogP contribution in [0.2, 0.25) is 0 Å². The fourth-order valence-corrected chi connectivity index (χ4v) is 3.30. The molecular weight excluding hydrogens is 384 g/mol. The second-order valence-corrected chi connectivity index (χ2v) is 6.45. The van der Waals surface area contributed by atoms with Crippen molar-refractivity contribution < 1.29 is 14.3 Å². The Morgan fingerprint density at radius 3 is 2.52 bits per heavy atom. The molecule has 0 fully saturated rings. The number of ether oxygens (including phenoxy) is 1. The van der Waals surface area contributed by atoms with E-state index in [2.05, 4.69) is 26.2 Å². The minimum Gasteiger partial charge on any atom is -0.489 e. The maximum atomic E-state index is 12.1. The first-order valence-electron chi connectivity index (χ1n) is 7.67. The molecule has 0 saturated carbocycles. The van der Waals surface area contributed by atoms with Crippen molar-refractivity contribution >= 4 is 44.2 Å². The monoisotopic (exact) mass is 396 g/mol. The number of carbonyl (C=O) groups is 2. The average molecular weight is 397 g/mol. The van der Waals surface area contributed by atoms with Crippen LogP contribution in [0.25, 0.3) is 16.5 Å². The molecule has 0 unspecified atom stereocenters. The van der Waals surface area contributed by atoms with E-state index in [0.29, 0.717) is 23.5 Å². The maximum Gasteiger partial charge on any atom is 0.265 e. The molecular formula is C19H13BrN2O3. The fraction of sp³-hybridized carbons (Fsp3) is 0.0526. The van der Waals surface area contributed by atoms with Gasteiger partial charge in [-0.3, -0.25) is 14.9 Å². The average Bonchev–Trinajstić information content (AvgIpc) is 3.14. The Kier molecular flexibility index (Phi) is 3.89. The van der Waals surface area contributed by atoms with Crippen molar-refractivity contribution in [2.45, 2.75) is 6.61 Å². The number of hydrogen-bond acceptors (Lipinski definition) is 3. The molecule has 4 rings (SSSR count). The third kappa shape index (κ3) is 2.85. The van der Waals surface area contributed by atoms with Gasteiger partial charge in [0.15, 0.2) is 0 Å². The highest BCUT2D eigenvalue weighted by Gasteiger charge is 2.31. The second kappa shape index (κ2) is 6.22. The van der Waals surface area contributed by atoms with Crippen LogP contribution < -0.4 is 10.1 Å². The molecule has 1 aliphatic heterocycles. The van der Waals surface area contributed by atoms with Crippen molar-refractivity contribution in [3.8, 4) is 5.75 Å². The summed E-state index contributed by atoms with van der Waals surface area (Å²) in [5.74, 6) is -0.141. The third-order valence-electron chi connectivity index (χ3n) is 4.04. The van der Waals surface area contributed by atoms with Gasteiger partial charge in [-0.2, -0.15) is 0 Å². The molecule has 0 bridgehead atoms. The van der Waals surface area contributed by atoms with Gasteiger partial charge in [0.25, 0.3) is 11.8 Å². The molecule has 6 heteroatoms. The number of rotatable bonds is 4. The Morgan fingerprint density at radius 1 is 1.00 bits per heavy atom. The van der Waals surface area contributed by atoms with E-state index in [1.54, 1.807) is 6.20 Å². The molecule has 5 nitrogen and oxygen atoms in total. The number of nitrogens with one attached hydrogen (secondary N) is 2. The van der Waals surface area contributed by atoms with Gasteiger partial charge < -0.3 is 9.72 Å². The minimum absolute atomic E-state index is 0.244. The van der Waals surface area contributed by atoms with Crippen LogP contribution in [0.4, 0.5) is 0 Å². The Hall–Kier alpha value is -2.86.